The number of ether oxygens (including phenoxy) is 2. The van der Waals surface area contributed by atoms with Gasteiger partial charge in [0.25, 0.3) is 0 Å². The van der Waals surface area contributed by atoms with Crippen LogP contribution in [0.2, 0.25) is 0 Å². The van der Waals surface area contributed by atoms with Gasteiger partial charge in [-0.25, -0.2) is 0 Å². The Morgan fingerprint density at radius 1 is 0.800 bits per heavy atom. The van der Waals surface area contributed by atoms with E-state index in [0.717, 1.165) is 0 Å². The first-order chi connectivity index (χ1) is 11.7. The standard InChI is InChI=1S/C21H32O4/c1-7-10-14-16(20(14,3)4)18(22)24-12-9-13-25-19(23)17-15(11-8-2)21(17,5)6/h7-8,10-11,14-17H,9,12-13H2,1-6H3. The van der Waals surface area contributed by atoms with Crippen molar-refractivity contribution in [2.45, 2.75) is 48.0 Å². The summed E-state index contributed by atoms with van der Waals surface area (Å²) in [7, 11) is 0. The van der Waals surface area contributed by atoms with E-state index in [4.69, 9.17) is 9.47 Å². The molecule has 4 nitrogen and oxygen atoms in total. The van der Waals surface area contributed by atoms with Crippen molar-refractivity contribution >= 4 is 11.9 Å². The smallest absolute Gasteiger partial charge is 0.310 e. The van der Waals surface area contributed by atoms with Crippen LogP contribution < -0.4 is 0 Å². The lowest BCUT2D eigenvalue weighted by Gasteiger charge is -2.07. The lowest BCUT2D eigenvalue weighted by Crippen LogP contribution is -2.15. The molecule has 2 rings (SSSR count). The molecule has 0 amide bonds. The lowest BCUT2D eigenvalue weighted by molar-refractivity contribution is -0.148. The summed E-state index contributed by atoms with van der Waals surface area (Å²) in [6.45, 7) is 12.9. The molecule has 2 aliphatic carbocycles. The summed E-state index contributed by atoms with van der Waals surface area (Å²) in [5.41, 5.74) is -0.0369. The predicted molar refractivity (Wildman–Crippen MR) is 97.7 cm³/mol. The molecule has 2 aliphatic rings. The molecule has 0 bridgehead atoms. The van der Waals surface area contributed by atoms with Gasteiger partial charge in [0.15, 0.2) is 0 Å². The Kier molecular flexibility index (Phi) is 5.80. The number of esters is 2. The van der Waals surface area contributed by atoms with E-state index in [9.17, 15) is 9.59 Å². The normalized spacial score (nSPS) is 31.9. The molecule has 0 aromatic heterocycles. The molecule has 0 aromatic rings. The van der Waals surface area contributed by atoms with Crippen LogP contribution in [0.1, 0.15) is 48.0 Å². The highest BCUT2D eigenvalue weighted by Gasteiger charge is 2.62. The third-order valence-corrected chi connectivity index (χ3v) is 5.91. The van der Waals surface area contributed by atoms with Crippen LogP contribution in [0.3, 0.4) is 0 Å². The maximum Gasteiger partial charge on any atom is 0.310 e. The fourth-order valence-electron chi connectivity index (χ4n) is 3.97. The molecule has 0 radical (unpaired) electrons. The van der Waals surface area contributed by atoms with Crippen LogP contribution in [0.4, 0.5) is 0 Å². The molecule has 140 valence electrons. The SMILES string of the molecule is CC=CC1C(C(=O)OCCCOC(=O)C2C(C=CC)C2(C)C)C1(C)C. The summed E-state index contributed by atoms with van der Waals surface area (Å²) in [4.78, 5) is 24.3. The summed E-state index contributed by atoms with van der Waals surface area (Å²) in [6.07, 6.45) is 8.66. The van der Waals surface area contributed by atoms with Crippen molar-refractivity contribution in [1.82, 2.24) is 0 Å². The van der Waals surface area contributed by atoms with Crippen molar-refractivity contribution in [2.24, 2.45) is 34.5 Å². The van der Waals surface area contributed by atoms with Crippen molar-refractivity contribution in [1.29, 1.82) is 0 Å². The summed E-state index contributed by atoms with van der Waals surface area (Å²) >= 11 is 0. The number of allylic oxidation sites excluding steroid dienone is 4. The van der Waals surface area contributed by atoms with Crippen molar-refractivity contribution in [2.75, 3.05) is 13.2 Å². The monoisotopic (exact) mass is 348 g/mol. The average Bonchev–Trinajstić information content (AvgIpc) is 3.28. The van der Waals surface area contributed by atoms with Gasteiger partial charge in [0, 0.05) is 6.42 Å². The van der Waals surface area contributed by atoms with E-state index >= 15 is 0 Å². The third-order valence-electron chi connectivity index (χ3n) is 5.91. The summed E-state index contributed by atoms with van der Waals surface area (Å²) in [5.74, 6) is 0.138. The van der Waals surface area contributed by atoms with E-state index < -0.39 is 0 Å². The highest BCUT2D eigenvalue weighted by molar-refractivity contribution is 5.78. The number of hydrogen-bond donors (Lipinski definition) is 0. The molecule has 0 heterocycles. The zero-order valence-electron chi connectivity index (χ0n) is 16.4. The molecule has 4 heteroatoms. The van der Waals surface area contributed by atoms with Gasteiger partial charge >= 0.3 is 11.9 Å². The van der Waals surface area contributed by atoms with Gasteiger partial charge in [0.1, 0.15) is 0 Å². The zero-order valence-corrected chi connectivity index (χ0v) is 16.4. The first-order valence-corrected chi connectivity index (χ1v) is 9.28. The molecule has 0 aromatic carbocycles. The Balaban J connectivity index is 1.64. The number of hydrogen-bond acceptors (Lipinski definition) is 4. The molecule has 0 N–H and O–H groups in total. The number of carbonyl (C=O) groups excluding carboxylic acids is 2. The minimum Gasteiger partial charge on any atom is -0.465 e. The highest BCUT2D eigenvalue weighted by atomic mass is 16.5. The topological polar surface area (TPSA) is 52.6 Å². The van der Waals surface area contributed by atoms with E-state index in [0.29, 0.717) is 19.6 Å². The molecule has 4 unspecified atom stereocenters. The quantitative estimate of drug-likeness (QED) is 0.375. The van der Waals surface area contributed by atoms with Gasteiger partial charge in [-0.15, -0.1) is 0 Å². The second-order valence-corrected chi connectivity index (χ2v) is 8.39. The van der Waals surface area contributed by atoms with Crippen molar-refractivity contribution in [3.63, 3.8) is 0 Å². The van der Waals surface area contributed by atoms with Crippen LogP contribution in [0.25, 0.3) is 0 Å². The maximum atomic E-state index is 12.2. The molecular weight excluding hydrogens is 316 g/mol. The second kappa shape index (κ2) is 7.35. The molecule has 0 spiro atoms. The molecule has 0 saturated heterocycles. The van der Waals surface area contributed by atoms with E-state index in [-0.39, 0.29) is 46.4 Å². The predicted octanol–water partition coefficient (Wildman–Crippen LogP) is 4.16. The summed E-state index contributed by atoms with van der Waals surface area (Å²) in [5, 5.41) is 0. The van der Waals surface area contributed by atoms with Gasteiger partial charge in [-0.05, 0) is 36.5 Å². The van der Waals surface area contributed by atoms with Gasteiger partial charge in [0.2, 0.25) is 0 Å². The molecule has 2 fully saturated rings. The Morgan fingerprint density at radius 2 is 1.16 bits per heavy atom. The highest BCUT2D eigenvalue weighted by Crippen LogP contribution is 2.60. The van der Waals surface area contributed by atoms with Gasteiger partial charge in [0.05, 0.1) is 25.0 Å². The van der Waals surface area contributed by atoms with Crippen molar-refractivity contribution in [3.05, 3.63) is 24.3 Å². The van der Waals surface area contributed by atoms with Crippen LogP contribution in [0.5, 0.6) is 0 Å². The van der Waals surface area contributed by atoms with E-state index in [1.54, 1.807) is 0 Å². The molecule has 25 heavy (non-hydrogen) atoms. The van der Waals surface area contributed by atoms with E-state index in [1.165, 1.54) is 0 Å². The number of carbonyl (C=O) groups is 2. The van der Waals surface area contributed by atoms with Crippen LogP contribution in [-0.4, -0.2) is 25.2 Å². The molecule has 0 aliphatic heterocycles. The van der Waals surface area contributed by atoms with Crippen LogP contribution in [0, 0.1) is 34.5 Å². The second-order valence-electron chi connectivity index (χ2n) is 8.39. The minimum absolute atomic E-state index is 0.0184. The average molecular weight is 348 g/mol. The maximum absolute atomic E-state index is 12.2. The van der Waals surface area contributed by atoms with Crippen molar-refractivity contribution < 1.29 is 19.1 Å². The fourth-order valence-corrected chi connectivity index (χ4v) is 3.97. The van der Waals surface area contributed by atoms with Crippen LogP contribution in [0.15, 0.2) is 24.3 Å². The van der Waals surface area contributed by atoms with Gasteiger partial charge < -0.3 is 9.47 Å². The Bertz CT molecular complexity index is 520. The van der Waals surface area contributed by atoms with Crippen LogP contribution in [-0.2, 0) is 19.1 Å². The number of rotatable bonds is 8. The molecular formula is C21H32O4. The minimum atomic E-state index is -0.143. The summed E-state index contributed by atoms with van der Waals surface area (Å²) in [6, 6.07) is 0. The fraction of sp³-hybridized carbons (Fsp3) is 0.714. The Labute approximate surface area is 151 Å². The Morgan fingerprint density at radius 3 is 1.48 bits per heavy atom. The van der Waals surface area contributed by atoms with Crippen molar-refractivity contribution in [3.8, 4) is 0 Å². The molecule has 2 saturated carbocycles. The third kappa shape index (κ3) is 3.99. The van der Waals surface area contributed by atoms with E-state index in [2.05, 4.69) is 39.8 Å². The van der Waals surface area contributed by atoms with Gasteiger partial charge in [-0.3, -0.25) is 9.59 Å². The first-order valence-electron chi connectivity index (χ1n) is 9.28. The molecule has 4 atom stereocenters. The van der Waals surface area contributed by atoms with Gasteiger partial charge in [-0.1, -0.05) is 52.0 Å². The van der Waals surface area contributed by atoms with Crippen LogP contribution >= 0.6 is 0 Å². The first kappa shape index (κ1) is 19.7. The van der Waals surface area contributed by atoms with Gasteiger partial charge in [-0.2, -0.15) is 0 Å². The Hall–Kier alpha value is -1.58. The lowest BCUT2D eigenvalue weighted by atomic mass is 10.1. The largest absolute Gasteiger partial charge is 0.465 e. The summed E-state index contributed by atoms with van der Waals surface area (Å²) < 4.78 is 10.7. The zero-order chi connectivity index (χ0) is 18.8. The van der Waals surface area contributed by atoms with E-state index in [1.807, 2.05) is 26.0 Å².